The second-order valence-electron chi connectivity index (χ2n) is 3.29. The van der Waals surface area contributed by atoms with Gasteiger partial charge in [0, 0.05) is 12.5 Å². The molecular formula is C9H11NO4. The summed E-state index contributed by atoms with van der Waals surface area (Å²) in [5, 5.41) is 8.92. The number of carboxylic acids is 1. The molecule has 0 aromatic rings. The van der Waals surface area contributed by atoms with Crippen LogP contribution < -0.4 is 5.73 Å². The van der Waals surface area contributed by atoms with E-state index in [2.05, 4.69) is 0 Å². The van der Waals surface area contributed by atoms with Crippen LogP contribution in [0.1, 0.15) is 19.3 Å². The molecule has 1 fully saturated rings. The predicted molar refractivity (Wildman–Crippen MR) is 47.3 cm³/mol. The number of aliphatic carboxylic acids is 1. The zero-order valence-corrected chi connectivity index (χ0v) is 7.53. The third-order valence-electron chi connectivity index (χ3n) is 2.39. The van der Waals surface area contributed by atoms with Crippen molar-refractivity contribution in [2.24, 2.45) is 11.1 Å². The van der Waals surface area contributed by atoms with Crippen molar-refractivity contribution in [3.8, 4) is 0 Å². The highest BCUT2D eigenvalue weighted by Gasteiger charge is 2.46. The number of carbonyl (C=O) groups is 3. The van der Waals surface area contributed by atoms with E-state index in [1.807, 2.05) is 0 Å². The van der Waals surface area contributed by atoms with Crippen molar-refractivity contribution in [3.05, 3.63) is 12.2 Å². The Morgan fingerprint density at radius 2 is 2.14 bits per heavy atom. The number of primary amides is 1. The molecule has 1 atom stereocenters. The zero-order valence-electron chi connectivity index (χ0n) is 7.53. The van der Waals surface area contributed by atoms with Crippen LogP contribution >= 0.6 is 0 Å². The lowest BCUT2D eigenvalue weighted by Gasteiger charge is -2.16. The van der Waals surface area contributed by atoms with Crippen LogP contribution in [-0.2, 0) is 14.4 Å². The highest BCUT2D eigenvalue weighted by atomic mass is 16.4. The Kier molecular flexibility index (Phi) is 2.69. The number of nitrogens with two attached hydrogens (primary N) is 1. The predicted octanol–water partition coefficient (Wildman–Crippen LogP) is -0.148. The SMILES string of the molecule is NC(=O)/C=C/C1(C(=O)O)CCCC1=O. The van der Waals surface area contributed by atoms with Crippen LogP contribution in [0, 0.1) is 5.41 Å². The van der Waals surface area contributed by atoms with Crippen molar-refractivity contribution >= 4 is 17.7 Å². The third kappa shape index (κ3) is 1.66. The second-order valence-corrected chi connectivity index (χ2v) is 3.29. The molecule has 14 heavy (non-hydrogen) atoms. The van der Waals surface area contributed by atoms with Gasteiger partial charge < -0.3 is 10.8 Å². The number of rotatable bonds is 3. The number of hydrogen-bond donors (Lipinski definition) is 2. The van der Waals surface area contributed by atoms with Gasteiger partial charge in [0.15, 0.2) is 5.78 Å². The number of Topliss-reactive ketones (excluding diaryl/α,β-unsaturated/α-hetero) is 1. The fourth-order valence-corrected chi connectivity index (χ4v) is 1.59. The molecule has 1 rings (SSSR count). The number of carbonyl (C=O) groups excluding carboxylic acids is 2. The second kappa shape index (κ2) is 3.61. The van der Waals surface area contributed by atoms with Crippen LogP contribution in [0.2, 0.25) is 0 Å². The van der Waals surface area contributed by atoms with Crippen molar-refractivity contribution in [1.29, 1.82) is 0 Å². The molecule has 0 aromatic heterocycles. The van der Waals surface area contributed by atoms with Gasteiger partial charge in [-0.15, -0.1) is 0 Å². The van der Waals surface area contributed by atoms with Gasteiger partial charge in [0.05, 0.1) is 0 Å². The molecule has 0 radical (unpaired) electrons. The van der Waals surface area contributed by atoms with E-state index in [1.54, 1.807) is 0 Å². The van der Waals surface area contributed by atoms with Gasteiger partial charge in [-0.1, -0.05) is 6.08 Å². The van der Waals surface area contributed by atoms with Gasteiger partial charge in [-0.25, -0.2) is 0 Å². The standard InChI is InChI=1S/C9H11NO4/c10-7(12)3-5-9(8(13)14)4-1-2-6(9)11/h3,5H,1-2,4H2,(H2,10,12)(H,13,14)/b5-3+. The van der Waals surface area contributed by atoms with Crippen LogP contribution in [0.5, 0.6) is 0 Å². The summed E-state index contributed by atoms with van der Waals surface area (Å²) in [7, 11) is 0. The number of amides is 1. The maximum atomic E-state index is 11.4. The summed E-state index contributed by atoms with van der Waals surface area (Å²) in [6.45, 7) is 0. The van der Waals surface area contributed by atoms with Gasteiger partial charge in [-0.2, -0.15) is 0 Å². The average molecular weight is 197 g/mol. The van der Waals surface area contributed by atoms with E-state index in [9.17, 15) is 14.4 Å². The van der Waals surface area contributed by atoms with Gasteiger partial charge in [-0.05, 0) is 12.8 Å². The van der Waals surface area contributed by atoms with E-state index in [1.165, 1.54) is 0 Å². The molecule has 1 aliphatic rings. The highest BCUT2D eigenvalue weighted by Crippen LogP contribution is 2.36. The van der Waals surface area contributed by atoms with Crippen molar-refractivity contribution in [1.82, 2.24) is 0 Å². The summed E-state index contributed by atoms with van der Waals surface area (Å²) in [6, 6.07) is 0. The van der Waals surface area contributed by atoms with E-state index in [0.29, 0.717) is 6.42 Å². The van der Waals surface area contributed by atoms with Crippen LogP contribution in [0.4, 0.5) is 0 Å². The molecule has 1 aliphatic carbocycles. The van der Waals surface area contributed by atoms with Gasteiger partial charge in [0.2, 0.25) is 5.91 Å². The van der Waals surface area contributed by atoms with Gasteiger partial charge in [0.1, 0.15) is 5.41 Å². The minimum Gasteiger partial charge on any atom is -0.480 e. The molecule has 1 unspecified atom stereocenters. The summed E-state index contributed by atoms with van der Waals surface area (Å²) < 4.78 is 0. The molecule has 1 saturated carbocycles. The van der Waals surface area contributed by atoms with E-state index < -0.39 is 17.3 Å². The molecule has 5 nitrogen and oxygen atoms in total. The quantitative estimate of drug-likeness (QED) is 0.485. The normalized spacial score (nSPS) is 27.0. The summed E-state index contributed by atoms with van der Waals surface area (Å²) in [6.07, 6.45) is 3.07. The first-order chi connectivity index (χ1) is 6.49. The van der Waals surface area contributed by atoms with Gasteiger partial charge >= 0.3 is 5.97 Å². The van der Waals surface area contributed by atoms with Crippen molar-refractivity contribution in [2.45, 2.75) is 19.3 Å². The first-order valence-electron chi connectivity index (χ1n) is 4.24. The topological polar surface area (TPSA) is 97.5 Å². The molecule has 0 spiro atoms. The monoisotopic (exact) mass is 197 g/mol. The first-order valence-corrected chi connectivity index (χ1v) is 4.24. The van der Waals surface area contributed by atoms with E-state index >= 15 is 0 Å². The molecular weight excluding hydrogens is 186 g/mol. The number of hydrogen-bond acceptors (Lipinski definition) is 3. The van der Waals surface area contributed by atoms with E-state index in [4.69, 9.17) is 10.8 Å². The Morgan fingerprint density at radius 3 is 2.50 bits per heavy atom. The lowest BCUT2D eigenvalue weighted by molar-refractivity contribution is -0.149. The molecule has 0 aliphatic heterocycles. The van der Waals surface area contributed by atoms with Gasteiger partial charge in [0.25, 0.3) is 0 Å². The summed E-state index contributed by atoms with van der Waals surface area (Å²) in [5.41, 5.74) is 3.33. The van der Waals surface area contributed by atoms with E-state index in [0.717, 1.165) is 12.2 Å². The van der Waals surface area contributed by atoms with Gasteiger partial charge in [-0.3, -0.25) is 14.4 Å². The average Bonchev–Trinajstić information content (AvgIpc) is 2.44. The molecule has 0 aromatic carbocycles. The summed E-state index contributed by atoms with van der Waals surface area (Å²) in [5.74, 6) is -2.31. The van der Waals surface area contributed by atoms with Crippen LogP contribution in [0.3, 0.4) is 0 Å². The maximum Gasteiger partial charge on any atom is 0.321 e. The summed E-state index contributed by atoms with van der Waals surface area (Å²) in [4.78, 5) is 32.7. The molecule has 5 heteroatoms. The Labute approximate surface area is 80.6 Å². The van der Waals surface area contributed by atoms with E-state index in [-0.39, 0.29) is 18.6 Å². The molecule has 0 bridgehead atoms. The third-order valence-corrected chi connectivity index (χ3v) is 2.39. The van der Waals surface area contributed by atoms with Crippen molar-refractivity contribution in [3.63, 3.8) is 0 Å². The Balaban J connectivity index is 2.99. The molecule has 0 saturated heterocycles. The highest BCUT2D eigenvalue weighted by molar-refractivity contribution is 6.07. The molecule has 3 N–H and O–H groups in total. The molecule has 76 valence electrons. The molecule has 0 heterocycles. The van der Waals surface area contributed by atoms with Crippen LogP contribution in [-0.4, -0.2) is 22.8 Å². The number of ketones is 1. The Morgan fingerprint density at radius 1 is 1.50 bits per heavy atom. The van der Waals surface area contributed by atoms with Crippen LogP contribution in [0.25, 0.3) is 0 Å². The minimum atomic E-state index is -1.52. The zero-order chi connectivity index (χ0) is 10.8. The minimum absolute atomic E-state index is 0.241. The lowest BCUT2D eigenvalue weighted by Crippen LogP contribution is -2.33. The largest absolute Gasteiger partial charge is 0.480 e. The number of carboxylic acid groups (broad SMARTS) is 1. The fourth-order valence-electron chi connectivity index (χ4n) is 1.59. The molecule has 1 amide bonds. The van der Waals surface area contributed by atoms with Crippen molar-refractivity contribution in [2.75, 3.05) is 0 Å². The first kappa shape index (κ1) is 10.4. The van der Waals surface area contributed by atoms with Crippen LogP contribution in [0.15, 0.2) is 12.2 Å². The maximum absolute atomic E-state index is 11.4. The smallest absolute Gasteiger partial charge is 0.321 e. The fraction of sp³-hybridized carbons (Fsp3) is 0.444. The summed E-state index contributed by atoms with van der Waals surface area (Å²) >= 11 is 0. The van der Waals surface area contributed by atoms with Crippen molar-refractivity contribution < 1.29 is 19.5 Å². The lowest BCUT2D eigenvalue weighted by atomic mass is 9.85. The Hall–Kier alpha value is -1.65. The Bertz CT molecular complexity index is 321.